The predicted molar refractivity (Wildman–Crippen MR) is 138 cm³/mol. The van der Waals surface area contributed by atoms with Crippen molar-refractivity contribution >= 4 is 0 Å². The molecule has 0 fully saturated rings. The van der Waals surface area contributed by atoms with Crippen molar-refractivity contribution in [1.29, 1.82) is 0 Å². The van der Waals surface area contributed by atoms with Crippen molar-refractivity contribution < 1.29 is 0 Å². The lowest BCUT2D eigenvalue weighted by molar-refractivity contribution is 0.765. The van der Waals surface area contributed by atoms with Crippen LogP contribution in [0.25, 0.3) is 22.5 Å². The minimum Gasteiger partial charge on any atom is -0.306 e. The van der Waals surface area contributed by atoms with Gasteiger partial charge < -0.3 is 9.13 Å². The molecule has 0 amide bonds. The van der Waals surface area contributed by atoms with E-state index in [1.54, 1.807) is 0 Å². The summed E-state index contributed by atoms with van der Waals surface area (Å²) in [4.78, 5) is 8.53. The number of aromatic nitrogens is 4. The van der Waals surface area contributed by atoms with Crippen LogP contribution < -0.4 is 0 Å². The Kier molecular flexibility index (Phi) is 4.33. The Morgan fingerprint density at radius 3 is 1.46 bits per heavy atom. The molecule has 0 atom stereocenters. The van der Waals surface area contributed by atoms with Crippen molar-refractivity contribution in [2.45, 2.75) is 5.41 Å². The third-order valence-corrected chi connectivity index (χ3v) is 7.12. The van der Waals surface area contributed by atoms with Gasteiger partial charge in [-0.2, -0.15) is 0 Å². The highest BCUT2D eigenvalue weighted by molar-refractivity contribution is 5.86. The first kappa shape index (κ1) is 19.7. The van der Waals surface area contributed by atoms with Crippen LogP contribution in [0.15, 0.2) is 135 Å². The zero-order valence-corrected chi connectivity index (χ0v) is 19.0. The second kappa shape index (κ2) is 7.67. The highest BCUT2D eigenvalue weighted by Crippen LogP contribution is 2.56. The summed E-state index contributed by atoms with van der Waals surface area (Å²) in [6.45, 7) is 0. The largest absolute Gasteiger partial charge is 0.306 e. The van der Waals surface area contributed by atoms with Crippen LogP contribution in [0.1, 0.15) is 22.3 Å². The van der Waals surface area contributed by atoms with Crippen LogP contribution in [0.3, 0.4) is 0 Å². The van der Waals surface area contributed by atoms with E-state index in [0.717, 1.165) is 11.4 Å². The summed E-state index contributed by atoms with van der Waals surface area (Å²) >= 11 is 0. The quantitative estimate of drug-likeness (QED) is 0.310. The van der Waals surface area contributed by atoms with Gasteiger partial charge in [0.2, 0.25) is 0 Å². The smallest absolute Gasteiger partial charge is 0.0991 e. The summed E-state index contributed by atoms with van der Waals surface area (Å²) in [5, 5.41) is 0. The van der Waals surface area contributed by atoms with Crippen LogP contribution >= 0.6 is 0 Å². The first-order valence-electron chi connectivity index (χ1n) is 11.7. The van der Waals surface area contributed by atoms with Gasteiger partial charge in [-0.15, -0.1) is 0 Å². The van der Waals surface area contributed by atoms with Gasteiger partial charge in [0.15, 0.2) is 0 Å². The molecule has 2 heterocycles. The molecular formula is C31H22N4. The molecule has 4 aromatic carbocycles. The average molecular weight is 451 g/mol. The number of fused-ring (bicyclic) bond motifs is 3. The van der Waals surface area contributed by atoms with Crippen LogP contribution in [-0.4, -0.2) is 19.1 Å². The Hall–Kier alpha value is -4.70. The zero-order chi connectivity index (χ0) is 23.2. The van der Waals surface area contributed by atoms with E-state index in [9.17, 15) is 0 Å². The molecule has 0 N–H and O–H groups in total. The summed E-state index contributed by atoms with van der Waals surface area (Å²) in [7, 11) is 0. The van der Waals surface area contributed by atoms with E-state index in [4.69, 9.17) is 0 Å². The first-order chi connectivity index (χ1) is 17.4. The summed E-state index contributed by atoms with van der Waals surface area (Å²) < 4.78 is 4.12. The van der Waals surface area contributed by atoms with Crippen molar-refractivity contribution in [2.24, 2.45) is 0 Å². The predicted octanol–water partition coefficient (Wildman–Crippen LogP) is 6.42. The standard InChI is InChI=1S/C31H22N4/c1-3-13-29-27(11-1)28-12-2-4-14-30(28)31(29,23-7-5-9-25(19-23)34-17-15-32-21-34)24-8-6-10-26(20-24)35-18-16-33-22-35/h1-22H. The van der Waals surface area contributed by atoms with E-state index in [2.05, 4.69) is 116 Å². The number of benzene rings is 4. The van der Waals surface area contributed by atoms with Gasteiger partial charge in [0.25, 0.3) is 0 Å². The molecule has 1 aliphatic rings. The van der Waals surface area contributed by atoms with Crippen molar-refractivity contribution in [3.8, 4) is 22.5 Å². The van der Waals surface area contributed by atoms with Crippen molar-refractivity contribution in [3.63, 3.8) is 0 Å². The molecule has 166 valence electrons. The maximum absolute atomic E-state index is 4.27. The Morgan fingerprint density at radius 1 is 0.514 bits per heavy atom. The second-order valence-electron chi connectivity index (χ2n) is 8.88. The van der Waals surface area contributed by atoms with Crippen molar-refractivity contribution in [1.82, 2.24) is 19.1 Å². The topological polar surface area (TPSA) is 35.6 Å². The number of hydrogen-bond donors (Lipinski definition) is 0. The maximum atomic E-state index is 4.27. The monoisotopic (exact) mass is 450 g/mol. The molecule has 0 aliphatic heterocycles. The zero-order valence-electron chi connectivity index (χ0n) is 19.0. The third kappa shape index (κ3) is 2.87. The fourth-order valence-electron chi connectivity index (χ4n) is 5.65. The van der Waals surface area contributed by atoms with E-state index in [1.807, 2.05) is 37.4 Å². The van der Waals surface area contributed by atoms with Gasteiger partial charge in [-0.05, 0) is 57.6 Å². The van der Waals surface area contributed by atoms with Crippen LogP contribution in [0, 0.1) is 0 Å². The molecule has 0 saturated heterocycles. The molecule has 0 saturated carbocycles. The number of imidazole rings is 2. The van der Waals surface area contributed by atoms with Crippen LogP contribution in [0.4, 0.5) is 0 Å². The summed E-state index contributed by atoms with van der Waals surface area (Å²) in [5.74, 6) is 0. The second-order valence-corrected chi connectivity index (χ2v) is 8.88. The lowest BCUT2D eigenvalue weighted by Crippen LogP contribution is -2.29. The fourth-order valence-corrected chi connectivity index (χ4v) is 5.65. The summed E-state index contributed by atoms with van der Waals surface area (Å²) in [6, 6.07) is 35.3. The molecule has 6 aromatic rings. The van der Waals surface area contributed by atoms with Gasteiger partial charge >= 0.3 is 0 Å². The van der Waals surface area contributed by atoms with E-state index in [-0.39, 0.29) is 0 Å². The normalized spacial score (nSPS) is 13.4. The molecule has 7 rings (SSSR count). The Morgan fingerprint density at radius 2 is 1.00 bits per heavy atom. The van der Waals surface area contributed by atoms with E-state index >= 15 is 0 Å². The molecule has 1 aliphatic carbocycles. The Bertz CT molecular complexity index is 1520. The minimum absolute atomic E-state index is 0.458. The molecule has 4 nitrogen and oxygen atoms in total. The van der Waals surface area contributed by atoms with Gasteiger partial charge in [-0.3, -0.25) is 0 Å². The van der Waals surface area contributed by atoms with E-state index in [1.165, 1.54) is 33.4 Å². The van der Waals surface area contributed by atoms with E-state index in [0.29, 0.717) is 0 Å². The van der Waals surface area contributed by atoms with Crippen molar-refractivity contribution in [2.75, 3.05) is 0 Å². The van der Waals surface area contributed by atoms with E-state index < -0.39 is 5.41 Å². The van der Waals surface area contributed by atoms with Crippen LogP contribution in [-0.2, 0) is 5.41 Å². The lowest BCUT2D eigenvalue weighted by atomic mass is 9.67. The lowest BCUT2D eigenvalue weighted by Gasteiger charge is -2.34. The number of nitrogens with zero attached hydrogens (tertiary/aromatic N) is 4. The highest BCUT2D eigenvalue weighted by Gasteiger charge is 2.46. The molecule has 0 unspecified atom stereocenters. The molecule has 35 heavy (non-hydrogen) atoms. The Labute approximate surface area is 203 Å². The fraction of sp³-hybridized carbons (Fsp3) is 0.0323. The SMILES string of the molecule is c1cc(-n2ccnc2)cc(C2(c3cccc(-n4ccnc4)c3)c3ccccc3-c3ccccc32)c1. The number of rotatable bonds is 4. The average Bonchev–Trinajstić information content (AvgIpc) is 3.70. The molecular weight excluding hydrogens is 428 g/mol. The van der Waals surface area contributed by atoms with Gasteiger partial charge in [0.05, 0.1) is 18.1 Å². The maximum Gasteiger partial charge on any atom is 0.0991 e. The van der Waals surface area contributed by atoms with Crippen LogP contribution in [0.5, 0.6) is 0 Å². The molecule has 0 bridgehead atoms. The first-order valence-corrected chi connectivity index (χ1v) is 11.7. The van der Waals surface area contributed by atoms with Gasteiger partial charge in [-0.1, -0.05) is 72.8 Å². The summed E-state index contributed by atoms with van der Waals surface area (Å²) in [6.07, 6.45) is 11.3. The molecule has 0 spiro atoms. The van der Waals surface area contributed by atoms with Gasteiger partial charge in [0.1, 0.15) is 0 Å². The molecule has 0 radical (unpaired) electrons. The Balaban J connectivity index is 1.58. The third-order valence-electron chi connectivity index (χ3n) is 7.12. The summed E-state index contributed by atoms with van der Waals surface area (Å²) in [5.41, 5.74) is 9.33. The van der Waals surface area contributed by atoms with Gasteiger partial charge in [-0.25, -0.2) is 9.97 Å². The highest BCUT2D eigenvalue weighted by atomic mass is 15.0. The number of hydrogen-bond acceptors (Lipinski definition) is 2. The van der Waals surface area contributed by atoms with Crippen LogP contribution in [0.2, 0.25) is 0 Å². The van der Waals surface area contributed by atoms with Gasteiger partial charge in [0, 0.05) is 36.2 Å². The minimum atomic E-state index is -0.458. The molecule has 2 aromatic heterocycles. The van der Waals surface area contributed by atoms with Crippen molar-refractivity contribution in [3.05, 3.63) is 157 Å². The molecule has 4 heteroatoms.